The normalized spacial score (nSPS) is 10.0. The molecule has 0 spiro atoms. The quantitative estimate of drug-likeness (QED) is 0.427. The lowest BCUT2D eigenvalue weighted by Gasteiger charge is -2.09. The fourth-order valence-corrected chi connectivity index (χ4v) is 2.22. The molecule has 0 aliphatic rings. The molecule has 1 rings (SSSR count). The summed E-state index contributed by atoms with van der Waals surface area (Å²) in [5, 5.41) is 2.42. The molecule has 0 unspecified atom stereocenters. The SMILES string of the molecule is CC(C)NC(=O)C(=O)NNC(=O)CCSc1ccccc1. The summed E-state index contributed by atoms with van der Waals surface area (Å²) in [6.07, 6.45) is 0.242. The van der Waals surface area contributed by atoms with Crippen LogP contribution in [0.3, 0.4) is 0 Å². The van der Waals surface area contributed by atoms with Crippen LogP contribution in [0.25, 0.3) is 0 Å². The Kier molecular flexibility index (Phi) is 7.31. The summed E-state index contributed by atoms with van der Waals surface area (Å²) in [7, 11) is 0. The van der Waals surface area contributed by atoms with Crippen molar-refractivity contribution in [1.82, 2.24) is 16.2 Å². The molecule has 0 aliphatic heterocycles. The van der Waals surface area contributed by atoms with E-state index in [1.807, 2.05) is 30.3 Å². The molecule has 6 nitrogen and oxygen atoms in total. The third kappa shape index (κ3) is 7.36. The molecular weight excluding hydrogens is 290 g/mol. The summed E-state index contributed by atoms with van der Waals surface area (Å²) >= 11 is 1.54. The zero-order chi connectivity index (χ0) is 15.7. The van der Waals surface area contributed by atoms with E-state index in [0.717, 1.165) is 4.90 Å². The van der Waals surface area contributed by atoms with Crippen LogP contribution < -0.4 is 16.2 Å². The van der Waals surface area contributed by atoms with E-state index in [1.165, 1.54) is 0 Å². The first kappa shape index (κ1) is 17.0. The second-order valence-corrected chi connectivity index (χ2v) is 5.71. The van der Waals surface area contributed by atoms with Gasteiger partial charge in [-0.25, -0.2) is 0 Å². The lowest BCUT2D eigenvalue weighted by molar-refractivity contribution is -0.141. The van der Waals surface area contributed by atoms with Gasteiger partial charge in [-0.05, 0) is 26.0 Å². The van der Waals surface area contributed by atoms with Gasteiger partial charge in [-0.3, -0.25) is 25.2 Å². The monoisotopic (exact) mass is 309 g/mol. The Balaban J connectivity index is 2.19. The number of rotatable bonds is 5. The molecule has 0 aliphatic carbocycles. The molecule has 3 N–H and O–H groups in total. The Morgan fingerprint density at radius 2 is 1.71 bits per heavy atom. The van der Waals surface area contributed by atoms with Crippen LogP contribution in [0.5, 0.6) is 0 Å². The molecule has 0 fully saturated rings. The fraction of sp³-hybridized carbons (Fsp3) is 0.357. The summed E-state index contributed by atoms with van der Waals surface area (Å²) in [5.74, 6) is -1.41. The van der Waals surface area contributed by atoms with Gasteiger partial charge in [-0.2, -0.15) is 0 Å². The second-order valence-electron chi connectivity index (χ2n) is 4.54. The average molecular weight is 309 g/mol. The van der Waals surface area contributed by atoms with Crippen molar-refractivity contribution < 1.29 is 14.4 Å². The average Bonchev–Trinajstić information content (AvgIpc) is 2.45. The molecule has 0 radical (unpaired) electrons. The van der Waals surface area contributed by atoms with E-state index in [9.17, 15) is 14.4 Å². The maximum atomic E-state index is 11.5. The predicted molar refractivity (Wildman–Crippen MR) is 81.3 cm³/mol. The smallest absolute Gasteiger partial charge is 0.327 e. The first-order chi connectivity index (χ1) is 9.99. The van der Waals surface area contributed by atoms with Gasteiger partial charge >= 0.3 is 11.8 Å². The van der Waals surface area contributed by atoms with Crippen molar-refractivity contribution in [1.29, 1.82) is 0 Å². The molecule has 3 amide bonds. The van der Waals surface area contributed by atoms with Gasteiger partial charge < -0.3 is 5.32 Å². The van der Waals surface area contributed by atoms with Crippen molar-refractivity contribution >= 4 is 29.5 Å². The Hall–Kier alpha value is -2.02. The van der Waals surface area contributed by atoms with E-state index in [1.54, 1.807) is 25.6 Å². The highest BCUT2D eigenvalue weighted by Gasteiger charge is 2.14. The maximum absolute atomic E-state index is 11.5. The van der Waals surface area contributed by atoms with Crippen LogP contribution in [-0.4, -0.2) is 29.5 Å². The van der Waals surface area contributed by atoms with Crippen molar-refractivity contribution in [2.75, 3.05) is 5.75 Å². The molecule has 0 saturated heterocycles. The van der Waals surface area contributed by atoms with E-state index in [0.29, 0.717) is 5.75 Å². The molecule has 7 heteroatoms. The molecule has 1 aromatic rings. The minimum absolute atomic E-state index is 0.138. The van der Waals surface area contributed by atoms with Gasteiger partial charge in [0.05, 0.1) is 0 Å². The molecule has 0 aromatic heterocycles. The third-order valence-electron chi connectivity index (χ3n) is 2.28. The minimum Gasteiger partial charge on any atom is -0.346 e. The van der Waals surface area contributed by atoms with Gasteiger partial charge in [0, 0.05) is 23.1 Å². The molecule has 114 valence electrons. The van der Waals surface area contributed by atoms with Crippen molar-refractivity contribution in [2.45, 2.75) is 31.2 Å². The largest absolute Gasteiger partial charge is 0.346 e. The second kappa shape index (κ2) is 9.02. The third-order valence-corrected chi connectivity index (χ3v) is 3.30. The van der Waals surface area contributed by atoms with Crippen molar-refractivity contribution in [3.8, 4) is 0 Å². The highest BCUT2D eigenvalue weighted by Crippen LogP contribution is 2.17. The molecule has 0 bridgehead atoms. The number of benzene rings is 1. The van der Waals surface area contributed by atoms with E-state index in [-0.39, 0.29) is 18.4 Å². The molecule has 0 atom stereocenters. The number of nitrogens with one attached hydrogen (secondary N) is 3. The van der Waals surface area contributed by atoms with E-state index in [4.69, 9.17) is 0 Å². The lowest BCUT2D eigenvalue weighted by Crippen LogP contribution is -2.49. The topological polar surface area (TPSA) is 87.3 Å². The Morgan fingerprint density at radius 1 is 1.05 bits per heavy atom. The standard InChI is InChI=1S/C14H19N3O3S/c1-10(2)15-13(19)14(20)17-16-12(18)8-9-21-11-6-4-3-5-7-11/h3-7,10H,8-9H2,1-2H3,(H,15,19)(H,16,18)(H,17,20). The number of amides is 3. The van der Waals surface area contributed by atoms with E-state index < -0.39 is 11.8 Å². The van der Waals surface area contributed by atoms with Gasteiger partial charge in [0.1, 0.15) is 0 Å². The Labute approximate surface area is 128 Å². The summed E-state index contributed by atoms with van der Waals surface area (Å²) in [6.45, 7) is 3.48. The van der Waals surface area contributed by atoms with Crippen molar-refractivity contribution in [3.05, 3.63) is 30.3 Å². The van der Waals surface area contributed by atoms with Gasteiger partial charge in [0.25, 0.3) is 0 Å². The van der Waals surface area contributed by atoms with Crippen LogP contribution >= 0.6 is 11.8 Å². The van der Waals surface area contributed by atoms with E-state index >= 15 is 0 Å². The van der Waals surface area contributed by atoms with Crippen LogP contribution in [0.15, 0.2) is 35.2 Å². The number of hydrogen-bond acceptors (Lipinski definition) is 4. The highest BCUT2D eigenvalue weighted by atomic mass is 32.2. The molecular formula is C14H19N3O3S. The van der Waals surface area contributed by atoms with Gasteiger partial charge in [-0.15, -0.1) is 11.8 Å². The molecule has 21 heavy (non-hydrogen) atoms. The predicted octanol–water partition coefficient (Wildman–Crippen LogP) is 0.841. The van der Waals surface area contributed by atoms with E-state index in [2.05, 4.69) is 16.2 Å². The first-order valence-corrected chi connectivity index (χ1v) is 7.55. The van der Waals surface area contributed by atoms with Crippen LogP contribution in [0.2, 0.25) is 0 Å². The molecule has 1 aromatic carbocycles. The maximum Gasteiger partial charge on any atom is 0.327 e. The summed E-state index contributed by atoms with van der Waals surface area (Å²) in [6, 6.07) is 9.56. The summed E-state index contributed by atoms with van der Waals surface area (Å²) in [4.78, 5) is 35.2. The number of carbonyl (C=O) groups excluding carboxylic acids is 3. The molecule has 0 heterocycles. The number of hydrogen-bond donors (Lipinski definition) is 3. The zero-order valence-electron chi connectivity index (χ0n) is 12.0. The molecule has 0 saturated carbocycles. The number of carbonyl (C=O) groups is 3. The van der Waals surface area contributed by atoms with Crippen LogP contribution in [0.4, 0.5) is 0 Å². The highest BCUT2D eigenvalue weighted by molar-refractivity contribution is 7.99. The van der Waals surface area contributed by atoms with Crippen LogP contribution in [-0.2, 0) is 14.4 Å². The van der Waals surface area contributed by atoms with Gasteiger partial charge in [0.2, 0.25) is 5.91 Å². The fourth-order valence-electron chi connectivity index (χ4n) is 1.35. The number of hydrazine groups is 1. The lowest BCUT2D eigenvalue weighted by atomic mass is 10.4. The van der Waals surface area contributed by atoms with Gasteiger partial charge in [0.15, 0.2) is 0 Å². The van der Waals surface area contributed by atoms with Crippen LogP contribution in [0.1, 0.15) is 20.3 Å². The van der Waals surface area contributed by atoms with Crippen LogP contribution in [0, 0.1) is 0 Å². The Bertz CT molecular complexity index is 491. The van der Waals surface area contributed by atoms with Crippen molar-refractivity contribution in [3.63, 3.8) is 0 Å². The first-order valence-electron chi connectivity index (χ1n) is 6.56. The van der Waals surface area contributed by atoms with Gasteiger partial charge in [-0.1, -0.05) is 18.2 Å². The summed E-state index contributed by atoms with van der Waals surface area (Å²) in [5.41, 5.74) is 4.29. The minimum atomic E-state index is -0.882. The summed E-state index contributed by atoms with van der Waals surface area (Å²) < 4.78 is 0. The Morgan fingerprint density at radius 3 is 2.33 bits per heavy atom. The van der Waals surface area contributed by atoms with Crippen molar-refractivity contribution in [2.24, 2.45) is 0 Å². The zero-order valence-corrected chi connectivity index (χ0v) is 12.8. The number of thioether (sulfide) groups is 1.